The largest absolute Gasteiger partial charge is 0.485 e. The fourth-order valence-corrected chi connectivity index (χ4v) is 6.63. The van der Waals surface area contributed by atoms with E-state index in [1.807, 2.05) is 12.1 Å². The lowest BCUT2D eigenvalue weighted by atomic mass is 9.84. The van der Waals surface area contributed by atoms with Crippen molar-refractivity contribution in [3.05, 3.63) is 40.4 Å². The Morgan fingerprint density at radius 3 is 2.69 bits per heavy atom. The van der Waals surface area contributed by atoms with Crippen LogP contribution >= 0.6 is 11.3 Å². The number of carbonyl (C=O) groups excluding carboxylic acids is 2. The lowest BCUT2D eigenvalue weighted by Gasteiger charge is -2.50. The highest BCUT2D eigenvalue weighted by atomic mass is 32.3. The van der Waals surface area contributed by atoms with Crippen LogP contribution in [-0.2, 0) is 40.3 Å². The summed E-state index contributed by atoms with van der Waals surface area (Å²) in [5.41, 5.74) is 8.91. The van der Waals surface area contributed by atoms with Gasteiger partial charge in [0, 0.05) is 30.9 Å². The van der Waals surface area contributed by atoms with Gasteiger partial charge in [0.15, 0.2) is 22.9 Å². The van der Waals surface area contributed by atoms with E-state index in [0.29, 0.717) is 36.3 Å². The number of β-lactam (4-membered cyclic amide) rings is 1. The molecule has 1 aromatic heterocycles. The molecule has 0 aliphatic carbocycles. The Hall–Kier alpha value is -4.61. The quantitative estimate of drug-likeness (QED) is 0.0498. The van der Waals surface area contributed by atoms with Gasteiger partial charge in [0.2, 0.25) is 0 Å². The first-order chi connectivity index (χ1) is 23.9. The van der Waals surface area contributed by atoms with E-state index >= 15 is 0 Å². The van der Waals surface area contributed by atoms with Crippen molar-refractivity contribution >= 4 is 56.3 Å². The zero-order chi connectivity index (χ0) is 37.3. The van der Waals surface area contributed by atoms with Crippen molar-refractivity contribution in [3.8, 4) is 5.75 Å². The zero-order valence-electron chi connectivity index (χ0n) is 27.7. The second kappa shape index (κ2) is 14.6. The predicted octanol–water partition coefficient (Wildman–Crippen LogP) is -1.52. The summed E-state index contributed by atoms with van der Waals surface area (Å²) < 4.78 is 41.8. The van der Waals surface area contributed by atoms with Crippen LogP contribution in [0.2, 0.25) is 0 Å². The average molecular weight is 754 g/mol. The first-order valence-corrected chi connectivity index (χ1v) is 17.9. The zero-order valence-corrected chi connectivity index (χ0v) is 29.4. The van der Waals surface area contributed by atoms with Gasteiger partial charge in [0.1, 0.15) is 17.5 Å². The molecule has 2 aromatic rings. The molecule has 278 valence electrons. The molecule has 4 heterocycles. The van der Waals surface area contributed by atoms with Gasteiger partial charge in [0.05, 0.1) is 18.2 Å². The second-order valence-electron chi connectivity index (χ2n) is 12.8. The molecule has 3 aliphatic rings. The van der Waals surface area contributed by atoms with Gasteiger partial charge < -0.3 is 47.2 Å². The summed E-state index contributed by atoms with van der Waals surface area (Å²) in [5.74, 6) is -2.36. The molecule has 1 aromatic carbocycles. The molecule has 0 radical (unpaired) electrons. The van der Waals surface area contributed by atoms with Gasteiger partial charge in [-0.05, 0) is 50.8 Å². The number of aliphatic carboxylic acids is 1. The molecule has 1 fully saturated rings. The SMILES string of the molecule is CC1(C)[C@H](NC(=O)/C(=N\O[C@](C)(C(=O)O)[C@H]2CCc3cc(C4CN=C(NC[C@H](O)CN)NC4)ccc3O2)c2csc(N)n2)C(=O)N1OS(=O)(=O)O. The number of aryl methyl sites for hydroxylation is 1. The first kappa shape index (κ1) is 37.6. The molecule has 1 saturated heterocycles. The number of hydroxylamine groups is 2. The van der Waals surface area contributed by atoms with E-state index in [-0.39, 0.29) is 36.3 Å². The van der Waals surface area contributed by atoms with E-state index < -0.39 is 63.3 Å². The Kier molecular flexibility index (Phi) is 10.7. The van der Waals surface area contributed by atoms with Gasteiger partial charge in [-0.15, -0.1) is 15.6 Å². The molecule has 20 nitrogen and oxygen atoms in total. The molecular formula is C29H39N9O11S2. The number of aliphatic hydroxyl groups is 1. The van der Waals surface area contributed by atoms with Gasteiger partial charge >= 0.3 is 16.4 Å². The summed E-state index contributed by atoms with van der Waals surface area (Å²) in [6, 6.07) is 4.27. The summed E-state index contributed by atoms with van der Waals surface area (Å²) in [5, 5.41) is 34.3. The van der Waals surface area contributed by atoms with Crippen LogP contribution < -0.4 is 32.2 Å². The highest BCUT2D eigenvalue weighted by molar-refractivity contribution is 7.80. The molecule has 0 spiro atoms. The van der Waals surface area contributed by atoms with Crippen molar-refractivity contribution in [2.24, 2.45) is 15.9 Å². The Bertz CT molecular complexity index is 1850. The predicted molar refractivity (Wildman–Crippen MR) is 181 cm³/mol. The number of anilines is 1. The number of nitrogen functional groups attached to an aromatic ring is 1. The molecule has 3 aliphatic heterocycles. The number of carboxylic acids is 1. The maximum absolute atomic E-state index is 13.5. The molecule has 5 rings (SSSR count). The Labute approximate surface area is 296 Å². The van der Waals surface area contributed by atoms with Crippen LogP contribution in [0.4, 0.5) is 5.13 Å². The summed E-state index contributed by atoms with van der Waals surface area (Å²) in [7, 11) is -5.03. The number of aromatic nitrogens is 1. The number of guanidine groups is 1. The van der Waals surface area contributed by atoms with Crippen LogP contribution in [-0.4, -0.2) is 118 Å². The minimum Gasteiger partial charge on any atom is -0.485 e. The number of amides is 2. The highest BCUT2D eigenvalue weighted by Crippen LogP contribution is 2.36. The number of nitrogens with two attached hydrogens (primary N) is 2. The van der Waals surface area contributed by atoms with Crippen LogP contribution in [0.25, 0.3) is 0 Å². The minimum absolute atomic E-state index is 0.0566. The van der Waals surface area contributed by atoms with Gasteiger partial charge in [-0.2, -0.15) is 13.5 Å². The van der Waals surface area contributed by atoms with Crippen LogP contribution in [0.5, 0.6) is 5.75 Å². The van der Waals surface area contributed by atoms with Crippen molar-refractivity contribution in [3.63, 3.8) is 0 Å². The van der Waals surface area contributed by atoms with Crippen LogP contribution in [0.15, 0.2) is 33.7 Å². The molecule has 0 saturated carbocycles. The van der Waals surface area contributed by atoms with Gasteiger partial charge in [0.25, 0.3) is 17.4 Å². The number of carboxylic acid groups (broad SMARTS) is 1. The minimum atomic E-state index is -5.03. The van der Waals surface area contributed by atoms with E-state index in [1.165, 1.54) is 26.2 Å². The number of fused-ring (bicyclic) bond motifs is 1. The monoisotopic (exact) mass is 753 g/mol. The number of nitrogens with zero attached hydrogens (tertiary/aromatic N) is 4. The third-order valence-electron chi connectivity index (χ3n) is 8.73. The normalized spacial score (nSPS) is 23.3. The number of carbonyl (C=O) groups is 3. The number of thiazole rings is 1. The van der Waals surface area contributed by atoms with E-state index in [0.717, 1.165) is 22.5 Å². The number of hydrogen-bond donors (Lipinski definition) is 8. The average Bonchev–Trinajstić information content (AvgIpc) is 3.52. The van der Waals surface area contributed by atoms with Crippen molar-refractivity contribution in [1.82, 2.24) is 26.0 Å². The van der Waals surface area contributed by atoms with Gasteiger partial charge in [-0.25, -0.2) is 9.78 Å². The molecule has 5 atom stereocenters. The Morgan fingerprint density at radius 1 is 1.35 bits per heavy atom. The molecule has 0 bridgehead atoms. The molecule has 2 amide bonds. The van der Waals surface area contributed by atoms with Crippen LogP contribution in [0.3, 0.4) is 0 Å². The standard InChI is InChI=1S/C29H39N9O11S2/c1-28(2)22(24(41)38(28)49-51(44,45)46)36-23(40)21(18-13-50-26(31)35-18)37-48-29(3,25(42)43)20-7-5-15-8-14(4-6-19(15)47-20)16-10-32-27(33-11-16)34-12-17(39)9-30/h4,6,8,13,16-17,20,22,39H,5,7,9-12,30H2,1-3H3,(H2,31,35)(H,36,40)(H,42,43)(H2,32,33,34)(H,44,45,46)/b37-21-/t17-,20-,22-,29+/m1/s1. The highest BCUT2D eigenvalue weighted by Gasteiger charge is 2.58. The third-order valence-corrected chi connectivity index (χ3v) is 9.74. The van der Waals surface area contributed by atoms with E-state index in [2.05, 4.69) is 35.4 Å². The van der Waals surface area contributed by atoms with Crippen LogP contribution in [0, 0.1) is 0 Å². The second-order valence-corrected chi connectivity index (χ2v) is 14.7. The van der Waals surface area contributed by atoms with Crippen molar-refractivity contribution in [1.29, 1.82) is 0 Å². The number of aliphatic hydroxyl groups excluding tert-OH is 1. The number of oxime groups is 1. The van der Waals surface area contributed by atoms with Crippen molar-refractivity contribution < 1.29 is 51.4 Å². The third kappa shape index (κ3) is 8.15. The van der Waals surface area contributed by atoms with E-state index in [9.17, 15) is 33.0 Å². The van der Waals surface area contributed by atoms with Crippen molar-refractivity contribution in [2.75, 3.05) is 31.9 Å². The fourth-order valence-electron chi connectivity index (χ4n) is 5.63. The topological polar surface area (TPSA) is 303 Å². The summed E-state index contributed by atoms with van der Waals surface area (Å²) >= 11 is 0.963. The maximum Gasteiger partial charge on any atom is 0.418 e. The van der Waals surface area contributed by atoms with Crippen molar-refractivity contribution in [2.45, 2.75) is 68.9 Å². The summed E-state index contributed by atoms with van der Waals surface area (Å²) in [6.07, 6.45) is -1.08. The number of nitrogens with one attached hydrogen (secondary N) is 3. The number of ether oxygens (including phenoxy) is 1. The maximum atomic E-state index is 13.5. The smallest absolute Gasteiger partial charge is 0.418 e. The molecule has 10 N–H and O–H groups in total. The fraction of sp³-hybridized carbons (Fsp3) is 0.517. The molecule has 22 heteroatoms. The number of benzene rings is 1. The lowest BCUT2D eigenvalue weighted by molar-refractivity contribution is -0.218. The number of rotatable bonds is 13. The Balaban J connectivity index is 1.30. The lowest BCUT2D eigenvalue weighted by Crippen LogP contribution is -2.76. The molecule has 51 heavy (non-hydrogen) atoms. The van der Waals surface area contributed by atoms with Gasteiger partial charge in [-0.1, -0.05) is 17.3 Å². The Morgan fingerprint density at radius 2 is 2.10 bits per heavy atom. The molecular weight excluding hydrogens is 715 g/mol. The molecule has 1 unspecified atom stereocenters. The van der Waals surface area contributed by atoms with E-state index in [1.54, 1.807) is 6.07 Å². The number of aliphatic imine (C=N–C) groups is 1. The summed E-state index contributed by atoms with van der Waals surface area (Å²) in [6.45, 7) is 5.50. The first-order valence-electron chi connectivity index (χ1n) is 15.7. The van der Waals surface area contributed by atoms with Crippen LogP contribution in [0.1, 0.15) is 49.9 Å². The van der Waals surface area contributed by atoms with Gasteiger partial charge in [-0.3, -0.25) is 19.1 Å². The number of hydrogen-bond acceptors (Lipinski definition) is 17. The van der Waals surface area contributed by atoms with E-state index in [4.69, 9.17) is 25.6 Å². The summed E-state index contributed by atoms with van der Waals surface area (Å²) in [4.78, 5) is 52.9.